The summed E-state index contributed by atoms with van der Waals surface area (Å²) in [6, 6.07) is 10.7. The largest absolute Gasteiger partial charge is 0.352 e. The molecule has 2 fully saturated rings. The SMILES string of the molecule is CC1CCCCC1NC(=O)C1(c2ccccc2)CC1. The lowest BCUT2D eigenvalue weighted by molar-refractivity contribution is -0.124. The van der Waals surface area contributed by atoms with Crippen LogP contribution in [0.4, 0.5) is 0 Å². The quantitative estimate of drug-likeness (QED) is 0.883. The Hall–Kier alpha value is -1.31. The summed E-state index contributed by atoms with van der Waals surface area (Å²) in [5.41, 5.74) is 0.981. The molecule has 2 unspecified atom stereocenters. The number of benzene rings is 1. The molecule has 19 heavy (non-hydrogen) atoms. The molecule has 2 heteroatoms. The molecule has 1 aromatic carbocycles. The molecule has 0 spiro atoms. The Balaban J connectivity index is 1.70. The van der Waals surface area contributed by atoms with Crippen molar-refractivity contribution in [1.29, 1.82) is 0 Å². The summed E-state index contributed by atoms with van der Waals surface area (Å²) >= 11 is 0. The van der Waals surface area contributed by atoms with Crippen LogP contribution in [0.1, 0.15) is 51.0 Å². The van der Waals surface area contributed by atoms with Crippen molar-refractivity contribution < 1.29 is 4.79 Å². The molecule has 2 aliphatic carbocycles. The fourth-order valence-corrected chi connectivity index (χ4v) is 3.37. The van der Waals surface area contributed by atoms with E-state index in [1.54, 1.807) is 0 Å². The lowest BCUT2D eigenvalue weighted by Gasteiger charge is -2.31. The molecule has 2 nitrogen and oxygen atoms in total. The van der Waals surface area contributed by atoms with Gasteiger partial charge in [0.05, 0.1) is 5.41 Å². The summed E-state index contributed by atoms with van der Waals surface area (Å²) in [5.74, 6) is 0.890. The van der Waals surface area contributed by atoms with E-state index >= 15 is 0 Å². The Kier molecular flexibility index (Phi) is 3.34. The molecule has 0 aliphatic heterocycles. The highest BCUT2D eigenvalue weighted by atomic mass is 16.2. The van der Waals surface area contributed by atoms with E-state index in [-0.39, 0.29) is 11.3 Å². The van der Waals surface area contributed by atoms with E-state index in [4.69, 9.17) is 0 Å². The van der Waals surface area contributed by atoms with Gasteiger partial charge in [0.25, 0.3) is 0 Å². The van der Waals surface area contributed by atoms with Crippen LogP contribution in [-0.4, -0.2) is 11.9 Å². The molecular formula is C17H23NO. The number of hydrogen-bond acceptors (Lipinski definition) is 1. The maximum Gasteiger partial charge on any atom is 0.230 e. The third kappa shape index (κ3) is 2.41. The Labute approximate surface area is 115 Å². The van der Waals surface area contributed by atoms with Gasteiger partial charge >= 0.3 is 0 Å². The first-order valence-corrected chi connectivity index (χ1v) is 7.59. The molecule has 0 saturated heterocycles. The molecule has 1 aromatic rings. The molecule has 0 bridgehead atoms. The van der Waals surface area contributed by atoms with Gasteiger partial charge in [-0.2, -0.15) is 0 Å². The van der Waals surface area contributed by atoms with Crippen molar-refractivity contribution in [3.05, 3.63) is 35.9 Å². The zero-order valence-electron chi connectivity index (χ0n) is 11.7. The van der Waals surface area contributed by atoms with Crippen molar-refractivity contribution in [2.45, 2.75) is 56.9 Å². The van der Waals surface area contributed by atoms with Crippen molar-refractivity contribution in [3.63, 3.8) is 0 Å². The second-order valence-electron chi connectivity index (χ2n) is 6.29. The summed E-state index contributed by atoms with van der Waals surface area (Å²) in [6.07, 6.45) is 6.99. The average molecular weight is 257 g/mol. The molecule has 102 valence electrons. The van der Waals surface area contributed by atoms with Gasteiger partial charge in [0, 0.05) is 6.04 Å². The minimum absolute atomic E-state index is 0.210. The van der Waals surface area contributed by atoms with Crippen LogP contribution in [0, 0.1) is 5.92 Å². The summed E-state index contributed by atoms with van der Waals surface area (Å²) in [4.78, 5) is 12.6. The van der Waals surface area contributed by atoms with Gasteiger partial charge in [-0.25, -0.2) is 0 Å². The van der Waals surface area contributed by atoms with E-state index in [1.807, 2.05) is 18.2 Å². The average Bonchev–Trinajstić information content (AvgIpc) is 3.24. The van der Waals surface area contributed by atoms with Gasteiger partial charge in [-0.05, 0) is 37.2 Å². The predicted octanol–water partition coefficient (Wildman–Crippen LogP) is 3.41. The number of rotatable bonds is 3. The van der Waals surface area contributed by atoms with Crippen molar-refractivity contribution in [1.82, 2.24) is 5.32 Å². The first-order valence-electron chi connectivity index (χ1n) is 7.59. The minimum Gasteiger partial charge on any atom is -0.352 e. The zero-order valence-corrected chi connectivity index (χ0v) is 11.7. The zero-order chi connectivity index (χ0) is 13.3. The molecule has 0 aromatic heterocycles. The van der Waals surface area contributed by atoms with Gasteiger partial charge in [0.2, 0.25) is 5.91 Å². The molecular weight excluding hydrogens is 234 g/mol. The predicted molar refractivity (Wildman–Crippen MR) is 76.9 cm³/mol. The number of hydrogen-bond donors (Lipinski definition) is 1. The van der Waals surface area contributed by atoms with Crippen LogP contribution < -0.4 is 5.32 Å². The number of carbonyl (C=O) groups excluding carboxylic acids is 1. The van der Waals surface area contributed by atoms with Crippen LogP contribution in [0.3, 0.4) is 0 Å². The van der Waals surface area contributed by atoms with E-state index in [0.717, 1.165) is 19.3 Å². The van der Waals surface area contributed by atoms with Crippen molar-refractivity contribution in [3.8, 4) is 0 Å². The van der Waals surface area contributed by atoms with Crippen LogP contribution in [0.2, 0.25) is 0 Å². The Morgan fingerprint density at radius 3 is 2.47 bits per heavy atom. The van der Waals surface area contributed by atoms with Crippen molar-refractivity contribution >= 4 is 5.91 Å². The van der Waals surface area contributed by atoms with Crippen LogP contribution >= 0.6 is 0 Å². The van der Waals surface area contributed by atoms with Crippen LogP contribution in [0.25, 0.3) is 0 Å². The highest BCUT2D eigenvalue weighted by Crippen LogP contribution is 2.48. The van der Waals surface area contributed by atoms with Gasteiger partial charge in [0.15, 0.2) is 0 Å². The monoisotopic (exact) mass is 257 g/mol. The first kappa shape index (κ1) is 12.7. The number of amides is 1. The molecule has 3 rings (SSSR count). The van der Waals surface area contributed by atoms with Gasteiger partial charge in [-0.1, -0.05) is 50.1 Å². The van der Waals surface area contributed by atoms with E-state index in [1.165, 1.54) is 24.8 Å². The topological polar surface area (TPSA) is 29.1 Å². The maximum absolute atomic E-state index is 12.6. The highest BCUT2D eigenvalue weighted by molar-refractivity contribution is 5.91. The lowest BCUT2D eigenvalue weighted by atomic mass is 9.85. The van der Waals surface area contributed by atoms with Crippen LogP contribution in [0.5, 0.6) is 0 Å². The second-order valence-corrected chi connectivity index (χ2v) is 6.29. The smallest absolute Gasteiger partial charge is 0.230 e. The summed E-state index contributed by atoms with van der Waals surface area (Å²) in [6.45, 7) is 2.27. The standard InChI is InChI=1S/C17H23NO/c1-13-7-5-6-10-15(13)18-16(19)17(11-12-17)14-8-3-2-4-9-14/h2-4,8-9,13,15H,5-7,10-12H2,1H3,(H,18,19). The third-order valence-corrected chi connectivity index (χ3v) is 4.94. The molecule has 0 heterocycles. The third-order valence-electron chi connectivity index (χ3n) is 4.94. The molecule has 1 N–H and O–H groups in total. The minimum atomic E-state index is -0.210. The normalized spacial score (nSPS) is 28.7. The van der Waals surface area contributed by atoms with Gasteiger partial charge < -0.3 is 5.32 Å². The number of carbonyl (C=O) groups is 1. The molecule has 2 aliphatic rings. The van der Waals surface area contributed by atoms with Crippen molar-refractivity contribution in [2.75, 3.05) is 0 Å². The summed E-state index contributed by atoms with van der Waals surface area (Å²) < 4.78 is 0. The molecule has 2 atom stereocenters. The highest BCUT2D eigenvalue weighted by Gasteiger charge is 2.51. The van der Waals surface area contributed by atoms with Crippen LogP contribution in [0.15, 0.2) is 30.3 Å². The second kappa shape index (κ2) is 4.99. The summed E-state index contributed by atoms with van der Waals surface area (Å²) in [5, 5.41) is 3.33. The van der Waals surface area contributed by atoms with Gasteiger partial charge in [0.1, 0.15) is 0 Å². The molecule has 0 radical (unpaired) electrons. The maximum atomic E-state index is 12.6. The Morgan fingerprint density at radius 1 is 1.16 bits per heavy atom. The van der Waals surface area contributed by atoms with Gasteiger partial charge in [-0.15, -0.1) is 0 Å². The summed E-state index contributed by atoms with van der Waals surface area (Å²) in [7, 11) is 0. The fourth-order valence-electron chi connectivity index (χ4n) is 3.37. The van der Waals surface area contributed by atoms with E-state index in [9.17, 15) is 4.79 Å². The van der Waals surface area contributed by atoms with E-state index < -0.39 is 0 Å². The van der Waals surface area contributed by atoms with E-state index in [0.29, 0.717) is 12.0 Å². The Bertz CT molecular complexity index is 450. The van der Waals surface area contributed by atoms with Crippen molar-refractivity contribution in [2.24, 2.45) is 5.92 Å². The fraction of sp³-hybridized carbons (Fsp3) is 0.588. The molecule has 1 amide bonds. The van der Waals surface area contributed by atoms with Crippen LogP contribution in [-0.2, 0) is 10.2 Å². The van der Waals surface area contributed by atoms with Gasteiger partial charge in [-0.3, -0.25) is 4.79 Å². The lowest BCUT2D eigenvalue weighted by Crippen LogP contribution is -2.45. The Morgan fingerprint density at radius 2 is 1.84 bits per heavy atom. The first-order chi connectivity index (χ1) is 9.22. The molecule has 2 saturated carbocycles. The van der Waals surface area contributed by atoms with E-state index in [2.05, 4.69) is 24.4 Å². The number of nitrogens with one attached hydrogen (secondary N) is 1.